The molecule has 2 rings (SSSR count). The van der Waals surface area contributed by atoms with Crippen LogP contribution in [0.1, 0.15) is 38.5 Å². The van der Waals surface area contributed by atoms with Crippen LogP contribution in [0.2, 0.25) is 0 Å². The van der Waals surface area contributed by atoms with Crippen molar-refractivity contribution in [2.24, 2.45) is 5.41 Å². The maximum absolute atomic E-state index is 11.0. The molecule has 0 bridgehead atoms. The Morgan fingerprint density at radius 3 is 2.50 bits per heavy atom. The second-order valence-corrected chi connectivity index (χ2v) is 5.03. The van der Waals surface area contributed by atoms with Gasteiger partial charge in [-0.25, -0.2) is 0 Å². The fourth-order valence-corrected chi connectivity index (χ4v) is 3.21. The van der Waals surface area contributed by atoms with E-state index in [1.165, 1.54) is 32.1 Å². The summed E-state index contributed by atoms with van der Waals surface area (Å²) in [5, 5.41) is 9.06. The van der Waals surface area contributed by atoms with E-state index in [1.54, 1.807) is 0 Å². The first-order valence-electron chi connectivity index (χ1n) is 5.56. The van der Waals surface area contributed by atoms with Crippen LogP contribution in [0.5, 0.6) is 0 Å². The van der Waals surface area contributed by atoms with Gasteiger partial charge >= 0.3 is 5.97 Å². The Morgan fingerprint density at radius 2 is 2.00 bits per heavy atom. The molecule has 2 fully saturated rings. The van der Waals surface area contributed by atoms with Gasteiger partial charge in [0.25, 0.3) is 0 Å². The van der Waals surface area contributed by atoms with E-state index in [1.807, 2.05) is 11.9 Å². The lowest BCUT2D eigenvalue weighted by Crippen LogP contribution is -2.32. The van der Waals surface area contributed by atoms with Crippen molar-refractivity contribution in [1.29, 1.82) is 0 Å². The van der Waals surface area contributed by atoms with Gasteiger partial charge in [0.05, 0.1) is 0 Å². The van der Waals surface area contributed by atoms with Gasteiger partial charge in [-0.2, -0.15) is 0 Å². The average molecular weight is 197 g/mol. The lowest BCUT2D eigenvalue weighted by atomic mass is 9.73. The van der Waals surface area contributed by atoms with E-state index in [-0.39, 0.29) is 6.04 Å². The number of nitrogens with zero attached hydrogens (tertiary/aromatic N) is 1. The molecule has 2 aliphatic rings. The van der Waals surface area contributed by atoms with Crippen molar-refractivity contribution in [2.45, 2.75) is 44.6 Å². The van der Waals surface area contributed by atoms with Crippen molar-refractivity contribution in [1.82, 2.24) is 4.90 Å². The Kier molecular flexibility index (Phi) is 2.52. The number of likely N-dealkylation sites (tertiary alicyclic amines) is 1. The molecule has 1 aliphatic heterocycles. The summed E-state index contributed by atoms with van der Waals surface area (Å²) in [5.41, 5.74) is 0.343. The molecule has 3 heteroatoms. The molecule has 1 saturated heterocycles. The highest BCUT2D eigenvalue weighted by Crippen LogP contribution is 2.45. The lowest BCUT2D eigenvalue weighted by molar-refractivity contribution is -0.141. The molecule has 0 aromatic carbocycles. The predicted molar refractivity (Wildman–Crippen MR) is 54.2 cm³/mol. The molecule has 0 aromatic rings. The van der Waals surface area contributed by atoms with Crippen LogP contribution in [0.3, 0.4) is 0 Å². The number of carbonyl (C=O) groups is 1. The van der Waals surface area contributed by atoms with Crippen LogP contribution in [0, 0.1) is 5.41 Å². The molecule has 3 nitrogen and oxygen atoms in total. The molecule has 80 valence electrons. The Bertz CT molecular complexity index is 233. The summed E-state index contributed by atoms with van der Waals surface area (Å²) in [4.78, 5) is 13.0. The van der Waals surface area contributed by atoms with Gasteiger partial charge in [-0.05, 0) is 31.7 Å². The van der Waals surface area contributed by atoms with Crippen molar-refractivity contribution in [3.05, 3.63) is 0 Å². The molecular weight excluding hydrogens is 178 g/mol. The molecule has 1 saturated carbocycles. The fraction of sp³-hybridized carbons (Fsp3) is 0.909. The van der Waals surface area contributed by atoms with Gasteiger partial charge in [0.2, 0.25) is 0 Å². The molecule has 1 unspecified atom stereocenters. The molecule has 1 heterocycles. The minimum Gasteiger partial charge on any atom is -0.480 e. The van der Waals surface area contributed by atoms with Gasteiger partial charge in [-0.1, -0.05) is 19.3 Å². The van der Waals surface area contributed by atoms with Gasteiger partial charge in [-0.3, -0.25) is 9.69 Å². The third kappa shape index (κ3) is 1.65. The number of carboxylic acid groups (broad SMARTS) is 1. The number of aliphatic carboxylic acids is 1. The SMILES string of the molecule is CN1CC2(CCCCC2)CC1C(=O)O. The zero-order valence-electron chi connectivity index (χ0n) is 8.83. The third-order valence-electron chi connectivity index (χ3n) is 3.94. The van der Waals surface area contributed by atoms with Crippen molar-refractivity contribution in [3.63, 3.8) is 0 Å². The maximum Gasteiger partial charge on any atom is 0.320 e. The van der Waals surface area contributed by atoms with Crippen LogP contribution in [0.15, 0.2) is 0 Å². The van der Waals surface area contributed by atoms with Gasteiger partial charge in [0, 0.05) is 6.54 Å². The Morgan fingerprint density at radius 1 is 1.36 bits per heavy atom. The van der Waals surface area contributed by atoms with Crippen molar-refractivity contribution in [3.8, 4) is 0 Å². The van der Waals surface area contributed by atoms with Crippen LogP contribution in [-0.4, -0.2) is 35.6 Å². The van der Waals surface area contributed by atoms with Crippen LogP contribution in [0.25, 0.3) is 0 Å². The van der Waals surface area contributed by atoms with Crippen LogP contribution in [-0.2, 0) is 4.79 Å². The normalized spacial score (nSPS) is 32.2. The summed E-state index contributed by atoms with van der Waals surface area (Å²) in [7, 11) is 1.95. The molecule has 1 spiro atoms. The summed E-state index contributed by atoms with van der Waals surface area (Å²) >= 11 is 0. The Labute approximate surface area is 85.1 Å². The topological polar surface area (TPSA) is 40.5 Å². The van der Waals surface area contributed by atoms with E-state index in [0.29, 0.717) is 5.41 Å². The fourth-order valence-electron chi connectivity index (χ4n) is 3.21. The molecule has 0 aromatic heterocycles. The first kappa shape index (κ1) is 9.97. The highest BCUT2D eigenvalue weighted by molar-refractivity contribution is 5.74. The second-order valence-electron chi connectivity index (χ2n) is 5.03. The summed E-state index contributed by atoms with van der Waals surface area (Å²) < 4.78 is 0. The monoisotopic (exact) mass is 197 g/mol. The van der Waals surface area contributed by atoms with Gasteiger partial charge in [0.15, 0.2) is 0 Å². The molecule has 1 atom stereocenters. The first-order valence-corrected chi connectivity index (χ1v) is 5.56. The van der Waals surface area contributed by atoms with Crippen molar-refractivity contribution >= 4 is 5.97 Å². The number of hydrogen-bond acceptors (Lipinski definition) is 2. The van der Waals surface area contributed by atoms with E-state index in [4.69, 9.17) is 5.11 Å². The summed E-state index contributed by atoms with van der Waals surface area (Å²) in [6.45, 7) is 0.990. The molecule has 0 radical (unpaired) electrons. The van der Waals surface area contributed by atoms with E-state index in [0.717, 1.165) is 13.0 Å². The zero-order chi connectivity index (χ0) is 10.2. The molecule has 1 aliphatic carbocycles. The zero-order valence-corrected chi connectivity index (χ0v) is 8.83. The molecule has 1 N–H and O–H groups in total. The van der Waals surface area contributed by atoms with Crippen LogP contribution < -0.4 is 0 Å². The third-order valence-corrected chi connectivity index (χ3v) is 3.94. The largest absolute Gasteiger partial charge is 0.480 e. The predicted octanol–water partition coefficient (Wildman–Crippen LogP) is 1.73. The Balaban J connectivity index is 2.06. The number of carboxylic acids is 1. The van der Waals surface area contributed by atoms with E-state index < -0.39 is 5.97 Å². The van der Waals surface area contributed by atoms with Gasteiger partial charge in [-0.15, -0.1) is 0 Å². The summed E-state index contributed by atoms with van der Waals surface area (Å²) in [6, 6.07) is -0.229. The quantitative estimate of drug-likeness (QED) is 0.696. The minimum atomic E-state index is -0.644. The second kappa shape index (κ2) is 3.54. The summed E-state index contributed by atoms with van der Waals surface area (Å²) in [6.07, 6.45) is 7.27. The van der Waals surface area contributed by atoms with Crippen molar-refractivity contribution in [2.75, 3.05) is 13.6 Å². The molecule has 0 amide bonds. The smallest absolute Gasteiger partial charge is 0.320 e. The lowest BCUT2D eigenvalue weighted by Gasteiger charge is -2.32. The van der Waals surface area contributed by atoms with Gasteiger partial charge in [0.1, 0.15) is 6.04 Å². The van der Waals surface area contributed by atoms with E-state index >= 15 is 0 Å². The highest BCUT2D eigenvalue weighted by atomic mass is 16.4. The van der Waals surface area contributed by atoms with Gasteiger partial charge < -0.3 is 5.11 Å². The van der Waals surface area contributed by atoms with E-state index in [2.05, 4.69) is 0 Å². The number of hydrogen-bond donors (Lipinski definition) is 1. The first-order chi connectivity index (χ1) is 6.63. The number of rotatable bonds is 1. The minimum absolute atomic E-state index is 0.229. The van der Waals surface area contributed by atoms with E-state index in [9.17, 15) is 4.79 Å². The summed E-state index contributed by atoms with van der Waals surface area (Å²) in [5.74, 6) is -0.644. The van der Waals surface area contributed by atoms with Crippen LogP contribution >= 0.6 is 0 Å². The number of likely N-dealkylation sites (N-methyl/N-ethyl adjacent to an activating group) is 1. The van der Waals surface area contributed by atoms with Crippen molar-refractivity contribution < 1.29 is 9.90 Å². The average Bonchev–Trinajstić information content (AvgIpc) is 2.44. The standard InChI is InChI=1S/C11H19NO2/c1-12-8-11(5-3-2-4-6-11)7-9(12)10(13)14/h9H,2-8H2,1H3,(H,13,14). The highest BCUT2D eigenvalue weighted by Gasteiger charge is 2.45. The maximum atomic E-state index is 11.0. The molecular formula is C11H19NO2. The Hall–Kier alpha value is -0.570. The van der Waals surface area contributed by atoms with Crippen LogP contribution in [0.4, 0.5) is 0 Å². The molecule has 14 heavy (non-hydrogen) atoms.